The molecule has 0 radical (unpaired) electrons. The Morgan fingerprint density at radius 2 is 2.36 bits per heavy atom. The van der Waals surface area contributed by atoms with Gasteiger partial charge in [-0.05, 0) is 24.6 Å². The zero-order chi connectivity index (χ0) is 9.71. The molecule has 4 nitrogen and oxygen atoms in total. The zero-order valence-electron chi connectivity index (χ0n) is 7.74. The SMILES string of the molecule is Cc1ccc2nc3n(c2c1)CC(=O)N3. The van der Waals surface area contributed by atoms with Crippen LogP contribution in [0.15, 0.2) is 18.2 Å². The van der Waals surface area contributed by atoms with Crippen molar-refractivity contribution >= 4 is 22.9 Å². The van der Waals surface area contributed by atoms with Crippen molar-refractivity contribution in [1.82, 2.24) is 9.55 Å². The second-order valence-corrected chi connectivity index (χ2v) is 3.56. The van der Waals surface area contributed by atoms with Crippen molar-refractivity contribution in [2.45, 2.75) is 13.5 Å². The first-order valence-corrected chi connectivity index (χ1v) is 4.51. The minimum absolute atomic E-state index is 0.0101. The molecule has 0 saturated heterocycles. The van der Waals surface area contributed by atoms with Crippen LogP contribution in [0.3, 0.4) is 0 Å². The van der Waals surface area contributed by atoms with Gasteiger partial charge in [0.15, 0.2) is 0 Å². The van der Waals surface area contributed by atoms with Crippen molar-refractivity contribution in [2.75, 3.05) is 5.32 Å². The Kier molecular flexibility index (Phi) is 1.27. The number of amides is 1. The molecular formula is C10H9N3O. The van der Waals surface area contributed by atoms with E-state index in [-0.39, 0.29) is 5.91 Å². The van der Waals surface area contributed by atoms with Gasteiger partial charge in [0.25, 0.3) is 0 Å². The molecule has 0 spiro atoms. The van der Waals surface area contributed by atoms with Gasteiger partial charge in [-0.3, -0.25) is 10.1 Å². The van der Waals surface area contributed by atoms with E-state index in [1.807, 2.05) is 29.7 Å². The molecule has 2 heterocycles. The van der Waals surface area contributed by atoms with Crippen molar-refractivity contribution in [2.24, 2.45) is 0 Å². The van der Waals surface area contributed by atoms with Gasteiger partial charge in [-0.25, -0.2) is 4.98 Å². The summed E-state index contributed by atoms with van der Waals surface area (Å²) in [5, 5.41) is 2.72. The lowest BCUT2D eigenvalue weighted by Gasteiger charge is -1.96. The molecule has 14 heavy (non-hydrogen) atoms. The molecule has 0 saturated carbocycles. The summed E-state index contributed by atoms with van der Waals surface area (Å²) < 4.78 is 1.91. The van der Waals surface area contributed by atoms with Crippen molar-refractivity contribution in [3.8, 4) is 0 Å². The highest BCUT2D eigenvalue weighted by atomic mass is 16.2. The number of hydrogen-bond acceptors (Lipinski definition) is 2. The molecule has 1 N–H and O–H groups in total. The van der Waals surface area contributed by atoms with Crippen LogP contribution in [-0.4, -0.2) is 15.5 Å². The molecule has 3 rings (SSSR count). The van der Waals surface area contributed by atoms with Crippen molar-refractivity contribution in [3.63, 3.8) is 0 Å². The summed E-state index contributed by atoms with van der Waals surface area (Å²) in [5.41, 5.74) is 3.14. The number of aromatic nitrogens is 2. The number of imidazole rings is 1. The van der Waals surface area contributed by atoms with Crippen LogP contribution in [0.1, 0.15) is 5.56 Å². The average molecular weight is 187 g/mol. The lowest BCUT2D eigenvalue weighted by atomic mass is 10.2. The molecule has 1 aliphatic heterocycles. The summed E-state index contributed by atoms with van der Waals surface area (Å²) in [7, 11) is 0. The third kappa shape index (κ3) is 0.878. The van der Waals surface area contributed by atoms with E-state index in [2.05, 4.69) is 10.3 Å². The standard InChI is InChI=1S/C10H9N3O/c1-6-2-3-7-8(4-6)13-5-9(14)12-10(13)11-7/h2-4H,5H2,1H3,(H,11,12,14). The van der Waals surface area contributed by atoms with Gasteiger partial charge in [0.1, 0.15) is 6.54 Å². The third-order valence-corrected chi connectivity index (χ3v) is 2.46. The summed E-state index contributed by atoms with van der Waals surface area (Å²) in [6.45, 7) is 2.42. The number of rotatable bonds is 0. The molecule has 0 unspecified atom stereocenters. The summed E-state index contributed by atoms with van der Waals surface area (Å²) in [6, 6.07) is 6.04. The van der Waals surface area contributed by atoms with Gasteiger partial charge in [0.2, 0.25) is 11.9 Å². The van der Waals surface area contributed by atoms with Crippen molar-refractivity contribution < 1.29 is 4.79 Å². The molecule has 0 bridgehead atoms. The van der Waals surface area contributed by atoms with Gasteiger partial charge >= 0.3 is 0 Å². The van der Waals surface area contributed by atoms with Gasteiger partial charge < -0.3 is 4.57 Å². The topological polar surface area (TPSA) is 46.9 Å². The number of anilines is 1. The number of nitrogens with one attached hydrogen (secondary N) is 1. The monoisotopic (exact) mass is 187 g/mol. The van der Waals surface area contributed by atoms with Crippen LogP contribution in [-0.2, 0) is 11.3 Å². The van der Waals surface area contributed by atoms with E-state index >= 15 is 0 Å². The van der Waals surface area contributed by atoms with Crippen LogP contribution in [0.2, 0.25) is 0 Å². The second-order valence-electron chi connectivity index (χ2n) is 3.56. The Morgan fingerprint density at radius 1 is 1.50 bits per heavy atom. The first kappa shape index (κ1) is 7.55. The quantitative estimate of drug-likeness (QED) is 0.675. The summed E-state index contributed by atoms with van der Waals surface area (Å²) in [6.07, 6.45) is 0. The molecule has 70 valence electrons. The van der Waals surface area contributed by atoms with E-state index in [9.17, 15) is 4.79 Å². The molecule has 1 amide bonds. The minimum atomic E-state index is 0.0101. The molecule has 1 aromatic heterocycles. The van der Waals surface area contributed by atoms with Crippen LogP contribution >= 0.6 is 0 Å². The summed E-state index contributed by atoms with van der Waals surface area (Å²) >= 11 is 0. The largest absolute Gasteiger partial charge is 0.300 e. The predicted molar refractivity (Wildman–Crippen MR) is 53.1 cm³/mol. The van der Waals surface area contributed by atoms with Gasteiger partial charge in [0.05, 0.1) is 11.0 Å². The number of hydrogen-bond donors (Lipinski definition) is 1. The van der Waals surface area contributed by atoms with Crippen molar-refractivity contribution in [3.05, 3.63) is 23.8 Å². The Hall–Kier alpha value is -1.84. The van der Waals surface area contributed by atoms with Gasteiger partial charge in [0, 0.05) is 0 Å². The first-order chi connectivity index (χ1) is 6.74. The second kappa shape index (κ2) is 2.35. The first-order valence-electron chi connectivity index (χ1n) is 4.51. The van der Waals surface area contributed by atoms with Crippen LogP contribution < -0.4 is 5.32 Å². The maximum absolute atomic E-state index is 11.1. The Bertz CT molecular complexity index is 542. The van der Waals surface area contributed by atoms with E-state index in [4.69, 9.17) is 0 Å². The number of aryl methyl sites for hydroxylation is 1. The number of benzene rings is 1. The number of fused-ring (bicyclic) bond motifs is 3. The average Bonchev–Trinajstić information content (AvgIpc) is 2.62. The lowest BCUT2D eigenvalue weighted by Crippen LogP contribution is -2.06. The fourth-order valence-electron chi connectivity index (χ4n) is 1.80. The minimum Gasteiger partial charge on any atom is -0.300 e. The van der Waals surface area contributed by atoms with Gasteiger partial charge in [-0.1, -0.05) is 6.07 Å². The summed E-state index contributed by atoms with van der Waals surface area (Å²) in [5.74, 6) is 0.673. The molecule has 4 heteroatoms. The number of carbonyl (C=O) groups is 1. The Balaban J connectivity index is 2.35. The maximum Gasteiger partial charge on any atom is 0.246 e. The summed E-state index contributed by atoms with van der Waals surface area (Å²) in [4.78, 5) is 15.4. The Morgan fingerprint density at radius 3 is 3.21 bits per heavy atom. The molecule has 1 aromatic carbocycles. The number of carbonyl (C=O) groups excluding carboxylic acids is 1. The maximum atomic E-state index is 11.1. The van der Waals surface area contributed by atoms with Crippen LogP contribution in [0, 0.1) is 6.92 Å². The fourth-order valence-corrected chi connectivity index (χ4v) is 1.80. The highest BCUT2D eigenvalue weighted by molar-refractivity contribution is 5.96. The molecular weight excluding hydrogens is 178 g/mol. The van der Waals surface area contributed by atoms with E-state index in [1.54, 1.807) is 0 Å². The molecule has 0 atom stereocenters. The van der Waals surface area contributed by atoms with Crippen LogP contribution in [0.4, 0.5) is 5.95 Å². The van der Waals surface area contributed by atoms with E-state index in [0.717, 1.165) is 11.0 Å². The number of nitrogens with zero attached hydrogens (tertiary/aromatic N) is 2. The molecule has 1 aliphatic rings. The third-order valence-electron chi connectivity index (χ3n) is 2.46. The van der Waals surface area contributed by atoms with Gasteiger partial charge in [-0.2, -0.15) is 0 Å². The highest BCUT2D eigenvalue weighted by Gasteiger charge is 2.21. The van der Waals surface area contributed by atoms with Crippen molar-refractivity contribution in [1.29, 1.82) is 0 Å². The van der Waals surface area contributed by atoms with Gasteiger partial charge in [-0.15, -0.1) is 0 Å². The highest BCUT2D eigenvalue weighted by Crippen LogP contribution is 2.23. The van der Waals surface area contributed by atoms with Crippen LogP contribution in [0.5, 0.6) is 0 Å². The van der Waals surface area contributed by atoms with Crippen LogP contribution in [0.25, 0.3) is 11.0 Å². The smallest absolute Gasteiger partial charge is 0.246 e. The molecule has 0 fully saturated rings. The van der Waals surface area contributed by atoms with E-state index < -0.39 is 0 Å². The normalized spacial score (nSPS) is 14.5. The predicted octanol–water partition coefficient (Wildman–Crippen LogP) is 1.30. The lowest BCUT2D eigenvalue weighted by molar-refractivity contribution is -0.115. The van der Waals surface area contributed by atoms with E-state index in [1.165, 1.54) is 5.56 Å². The zero-order valence-corrected chi connectivity index (χ0v) is 7.74. The molecule has 2 aromatic rings. The fraction of sp³-hybridized carbons (Fsp3) is 0.200. The Labute approximate surface area is 80.6 Å². The molecule has 0 aliphatic carbocycles. The van der Waals surface area contributed by atoms with E-state index in [0.29, 0.717) is 12.5 Å².